The third-order valence-corrected chi connectivity index (χ3v) is 3.10. The molecule has 0 amide bonds. The van der Waals surface area contributed by atoms with Gasteiger partial charge in [0.1, 0.15) is 0 Å². The van der Waals surface area contributed by atoms with Gasteiger partial charge in [-0.2, -0.15) is 0 Å². The molecule has 4 nitrogen and oxygen atoms in total. The minimum Gasteiger partial charge on any atom is -0.397 e. The van der Waals surface area contributed by atoms with Crippen LogP contribution in [0.2, 0.25) is 10.0 Å². The maximum Gasteiger partial charge on any atom is 0.0736 e. The van der Waals surface area contributed by atoms with Gasteiger partial charge in [0.15, 0.2) is 0 Å². The summed E-state index contributed by atoms with van der Waals surface area (Å²) >= 11 is 11.8. The summed E-state index contributed by atoms with van der Waals surface area (Å²) in [6, 6.07) is 3.38. The average molecular weight is 262 g/mol. The second-order valence-electron chi connectivity index (χ2n) is 3.56. The van der Waals surface area contributed by atoms with Crippen LogP contribution in [0.4, 0.5) is 11.4 Å². The van der Waals surface area contributed by atoms with Gasteiger partial charge in [-0.15, -0.1) is 0 Å². The number of hydrogen-bond acceptors (Lipinski definition) is 4. The summed E-state index contributed by atoms with van der Waals surface area (Å²) in [5.74, 6) is 0. The predicted octanol–water partition coefficient (Wildman–Crippen LogP) is 2.23. The van der Waals surface area contributed by atoms with Crippen molar-refractivity contribution >= 4 is 34.6 Å². The topological polar surface area (TPSA) is 50.5 Å². The Bertz CT molecular complexity index is 381. The Balaban J connectivity index is 2.11. The number of nitrogens with one attached hydrogen (secondary N) is 1. The average Bonchev–Trinajstić information content (AvgIpc) is 2.27. The standard InChI is InChI=1S/C10H13Cl2N3O/c11-7-5-9(13)10(6-8(7)12)14-15-1-3-16-4-2-15/h5-6,14H,1-4,13H2. The van der Waals surface area contributed by atoms with Gasteiger partial charge < -0.3 is 15.9 Å². The van der Waals surface area contributed by atoms with E-state index in [0.717, 1.165) is 18.8 Å². The molecule has 0 saturated carbocycles. The fourth-order valence-electron chi connectivity index (χ4n) is 1.50. The molecule has 0 atom stereocenters. The number of benzene rings is 1. The van der Waals surface area contributed by atoms with Gasteiger partial charge in [0, 0.05) is 13.1 Å². The van der Waals surface area contributed by atoms with E-state index < -0.39 is 0 Å². The Labute approximate surface area is 104 Å². The minimum absolute atomic E-state index is 0.465. The van der Waals surface area contributed by atoms with Crippen LogP contribution in [0.3, 0.4) is 0 Å². The molecule has 16 heavy (non-hydrogen) atoms. The number of hydrazine groups is 1. The van der Waals surface area contributed by atoms with Gasteiger partial charge in [-0.1, -0.05) is 23.2 Å². The first-order chi connectivity index (χ1) is 7.66. The van der Waals surface area contributed by atoms with E-state index >= 15 is 0 Å². The first-order valence-electron chi connectivity index (χ1n) is 5.00. The molecule has 1 aromatic carbocycles. The summed E-state index contributed by atoms with van der Waals surface area (Å²) in [7, 11) is 0. The lowest BCUT2D eigenvalue weighted by molar-refractivity contribution is 0.0497. The SMILES string of the molecule is Nc1cc(Cl)c(Cl)cc1NN1CCOCC1. The second-order valence-corrected chi connectivity index (χ2v) is 4.38. The van der Waals surface area contributed by atoms with Gasteiger partial charge in [0.25, 0.3) is 0 Å². The van der Waals surface area contributed by atoms with Crippen LogP contribution in [0.25, 0.3) is 0 Å². The van der Waals surface area contributed by atoms with Crippen LogP contribution < -0.4 is 11.2 Å². The molecule has 0 spiro atoms. The monoisotopic (exact) mass is 261 g/mol. The molecule has 6 heteroatoms. The third kappa shape index (κ3) is 2.71. The van der Waals surface area contributed by atoms with Crippen molar-refractivity contribution in [2.75, 3.05) is 37.5 Å². The van der Waals surface area contributed by atoms with Crippen LogP contribution in [0, 0.1) is 0 Å². The molecule has 0 radical (unpaired) electrons. The van der Waals surface area contributed by atoms with Gasteiger partial charge >= 0.3 is 0 Å². The van der Waals surface area contributed by atoms with E-state index in [1.165, 1.54) is 0 Å². The highest BCUT2D eigenvalue weighted by molar-refractivity contribution is 6.42. The molecule has 1 saturated heterocycles. The number of nitrogen functional groups attached to an aromatic ring is 1. The summed E-state index contributed by atoms with van der Waals surface area (Å²) in [6.45, 7) is 3.07. The maximum absolute atomic E-state index is 5.93. The number of morpholine rings is 1. The lowest BCUT2D eigenvalue weighted by atomic mass is 10.3. The van der Waals surface area contributed by atoms with Gasteiger partial charge in [0.2, 0.25) is 0 Å². The van der Waals surface area contributed by atoms with E-state index in [9.17, 15) is 0 Å². The number of hydrogen-bond donors (Lipinski definition) is 2. The fourth-order valence-corrected chi connectivity index (χ4v) is 1.84. The number of ether oxygens (including phenoxy) is 1. The van der Waals surface area contributed by atoms with Crippen LogP contribution in [0.5, 0.6) is 0 Å². The lowest BCUT2D eigenvalue weighted by Crippen LogP contribution is -2.40. The molecule has 0 aromatic heterocycles. The summed E-state index contributed by atoms with van der Waals surface area (Å²) in [6.07, 6.45) is 0. The van der Waals surface area contributed by atoms with Crippen molar-refractivity contribution in [2.45, 2.75) is 0 Å². The summed E-state index contributed by atoms with van der Waals surface area (Å²) < 4.78 is 5.25. The number of halogens is 2. The van der Waals surface area contributed by atoms with E-state index in [0.29, 0.717) is 28.9 Å². The van der Waals surface area contributed by atoms with Crippen molar-refractivity contribution in [3.8, 4) is 0 Å². The zero-order chi connectivity index (χ0) is 11.5. The molecule has 0 aliphatic carbocycles. The van der Waals surface area contributed by atoms with Crippen molar-refractivity contribution in [1.29, 1.82) is 0 Å². The number of rotatable bonds is 2. The highest BCUT2D eigenvalue weighted by atomic mass is 35.5. The Hall–Kier alpha value is -0.680. The summed E-state index contributed by atoms with van der Waals surface area (Å²) in [4.78, 5) is 0. The Morgan fingerprint density at radius 1 is 1.19 bits per heavy atom. The van der Waals surface area contributed by atoms with E-state index in [1.807, 2.05) is 5.01 Å². The quantitative estimate of drug-likeness (QED) is 0.802. The molecular weight excluding hydrogens is 249 g/mol. The van der Waals surface area contributed by atoms with Gasteiger partial charge in [-0.3, -0.25) is 0 Å². The number of nitrogens with two attached hydrogens (primary N) is 1. The van der Waals surface area contributed by atoms with E-state index in [-0.39, 0.29) is 0 Å². The van der Waals surface area contributed by atoms with E-state index in [4.69, 9.17) is 33.7 Å². The van der Waals surface area contributed by atoms with Crippen LogP contribution in [0.15, 0.2) is 12.1 Å². The molecule has 3 N–H and O–H groups in total. The molecule has 1 fully saturated rings. The molecule has 1 aliphatic rings. The van der Waals surface area contributed by atoms with Crippen molar-refractivity contribution in [2.24, 2.45) is 0 Å². The second kappa shape index (κ2) is 5.10. The molecule has 1 aromatic rings. The fraction of sp³-hybridized carbons (Fsp3) is 0.400. The zero-order valence-electron chi connectivity index (χ0n) is 8.67. The van der Waals surface area contributed by atoms with E-state index in [2.05, 4.69) is 5.43 Å². The van der Waals surface area contributed by atoms with Crippen molar-refractivity contribution in [3.05, 3.63) is 22.2 Å². The van der Waals surface area contributed by atoms with Crippen LogP contribution in [0.1, 0.15) is 0 Å². The van der Waals surface area contributed by atoms with Gasteiger partial charge in [0.05, 0.1) is 34.6 Å². The Morgan fingerprint density at radius 3 is 2.50 bits per heavy atom. The maximum atomic E-state index is 5.93. The largest absolute Gasteiger partial charge is 0.397 e. The van der Waals surface area contributed by atoms with E-state index in [1.54, 1.807) is 12.1 Å². The van der Waals surface area contributed by atoms with Gasteiger partial charge in [-0.05, 0) is 12.1 Å². The molecule has 0 unspecified atom stereocenters. The minimum atomic E-state index is 0.465. The summed E-state index contributed by atoms with van der Waals surface area (Å²) in [5, 5.41) is 3.00. The van der Waals surface area contributed by atoms with Gasteiger partial charge in [-0.25, -0.2) is 5.01 Å². The number of anilines is 2. The third-order valence-electron chi connectivity index (χ3n) is 2.38. The lowest BCUT2D eigenvalue weighted by Gasteiger charge is -2.28. The van der Waals surface area contributed by atoms with Crippen LogP contribution in [-0.4, -0.2) is 31.3 Å². The predicted molar refractivity (Wildman–Crippen MR) is 66.9 cm³/mol. The van der Waals surface area contributed by atoms with Crippen molar-refractivity contribution in [3.63, 3.8) is 0 Å². The van der Waals surface area contributed by atoms with Crippen LogP contribution >= 0.6 is 23.2 Å². The van der Waals surface area contributed by atoms with Crippen LogP contribution in [-0.2, 0) is 4.74 Å². The van der Waals surface area contributed by atoms with Crippen molar-refractivity contribution in [1.82, 2.24) is 5.01 Å². The summed E-state index contributed by atoms with van der Waals surface area (Å²) in [5.41, 5.74) is 10.4. The number of nitrogens with zero attached hydrogens (tertiary/aromatic N) is 1. The Kier molecular flexibility index (Phi) is 3.76. The first-order valence-corrected chi connectivity index (χ1v) is 5.76. The highest BCUT2D eigenvalue weighted by Gasteiger charge is 2.12. The molecule has 2 rings (SSSR count). The zero-order valence-corrected chi connectivity index (χ0v) is 10.2. The normalized spacial score (nSPS) is 17.4. The molecule has 1 heterocycles. The van der Waals surface area contributed by atoms with Crippen molar-refractivity contribution < 1.29 is 4.74 Å². The molecule has 0 bridgehead atoms. The highest BCUT2D eigenvalue weighted by Crippen LogP contribution is 2.30. The molecular formula is C10H13Cl2N3O. The molecule has 88 valence electrons. The first kappa shape index (κ1) is 11.8. The smallest absolute Gasteiger partial charge is 0.0736 e. The molecule has 1 aliphatic heterocycles. The Morgan fingerprint density at radius 2 is 1.81 bits per heavy atom.